The van der Waals surface area contributed by atoms with Crippen molar-refractivity contribution >= 4 is 22.9 Å². The average Bonchev–Trinajstić information content (AvgIpc) is 3.00. The van der Waals surface area contributed by atoms with E-state index in [1.54, 1.807) is 23.0 Å². The lowest BCUT2D eigenvalue weighted by Crippen LogP contribution is -2.31. The molecule has 138 valence electrons. The van der Waals surface area contributed by atoms with Gasteiger partial charge in [0.2, 0.25) is 0 Å². The zero-order chi connectivity index (χ0) is 18.5. The van der Waals surface area contributed by atoms with Crippen molar-refractivity contribution in [3.05, 3.63) is 45.1 Å². The highest BCUT2D eigenvalue weighted by Crippen LogP contribution is 2.21. The number of aromatic amines is 1. The third kappa shape index (κ3) is 3.72. The summed E-state index contributed by atoms with van der Waals surface area (Å²) in [6.07, 6.45) is 6.05. The van der Waals surface area contributed by atoms with Crippen molar-refractivity contribution in [2.45, 2.75) is 57.1 Å². The number of hydrogen-bond acceptors (Lipinski definition) is 6. The Bertz CT molecular complexity index is 992. The van der Waals surface area contributed by atoms with Gasteiger partial charge in [0.25, 0.3) is 5.56 Å². The molecule has 0 aliphatic carbocycles. The molecule has 3 heterocycles. The maximum atomic E-state index is 12.4. The molecule has 26 heavy (non-hydrogen) atoms. The van der Waals surface area contributed by atoms with E-state index in [9.17, 15) is 9.59 Å². The monoisotopic (exact) mass is 374 g/mol. The summed E-state index contributed by atoms with van der Waals surface area (Å²) in [4.78, 5) is 40.2. The van der Waals surface area contributed by atoms with E-state index in [0.29, 0.717) is 35.2 Å². The largest absolute Gasteiger partial charge is 0.330 e. The van der Waals surface area contributed by atoms with Gasteiger partial charge in [-0.2, -0.15) is 0 Å². The highest BCUT2D eigenvalue weighted by molar-refractivity contribution is 7.98. The second kappa shape index (κ2) is 8.31. The number of imidazole rings is 1. The van der Waals surface area contributed by atoms with Gasteiger partial charge in [-0.15, -0.1) is 0 Å². The highest BCUT2D eigenvalue weighted by Gasteiger charge is 2.18. The minimum absolute atomic E-state index is 0.383. The van der Waals surface area contributed by atoms with Crippen LogP contribution in [0.5, 0.6) is 0 Å². The zero-order valence-electron chi connectivity index (χ0n) is 14.9. The van der Waals surface area contributed by atoms with E-state index in [2.05, 4.69) is 26.9 Å². The standard InChI is InChI=1S/C17H22N6O2S/c1-3-5-10-23-14-13(15(24)21-17(23)25)22(9-4-2)12(20-14)11-26-16-18-7-6-8-19-16/h6-8H,3-5,9-11H2,1-2H3,(H,21,24,25). The van der Waals surface area contributed by atoms with Crippen LogP contribution in [0.2, 0.25) is 0 Å². The summed E-state index contributed by atoms with van der Waals surface area (Å²) >= 11 is 1.46. The van der Waals surface area contributed by atoms with E-state index in [1.165, 1.54) is 11.8 Å². The van der Waals surface area contributed by atoms with E-state index >= 15 is 0 Å². The molecule has 0 amide bonds. The fourth-order valence-electron chi connectivity index (χ4n) is 2.81. The van der Waals surface area contributed by atoms with Gasteiger partial charge in [0.15, 0.2) is 16.3 Å². The fraction of sp³-hybridized carbons (Fsp3) is 0.471. The summed E-state index contributed by atoms with van der Waals surface area (Å²) in [5, 5.41) is 0.653. The third-order valence-electron chi connectivity index (χ3n) is 4.02. The molecule has 0 saturated carbocycles. The summed E-state index contributed by atoms with van der Waals surface area (Å²) in [7, 11) is 0. The van der Waals surface area contributed by atoms with Crippen LogP contribution in [-0.4, -0.2) is 29.1 Å². The minimum atomic E-state index is -0.400. The van der Waals surface area contributed by atoms with Crippen molar-refractivity contribution in [3.8, 4) is 0 Å². The Kier molecular flexibility index (Phi) is 5.87. The first-order chi connectivity index (χ1) is 12.7. The van der Waals surface area contributed by atoms with E-state index in [4.69, 9.17) is 0 Å². The smallest absolute Gasteiger partial charge is 0.321 e. The normalized spacial score (nSPS) is 11.3. The molecule has 0 aliphatic heterocycles. The van der Waals surface area contributed by atoms with Gasteiger partial charge in [-0.05, 0) is 18.9 Å². The van der Waals surface area contributed by atoms with Crippen molar-refractivity contribution in [3.63, 3.8) is 0 Å². The number of nitrogens with zero attached hydrogens (tertiary/aromatic N) is 5. The number of thioether (sulfide) groups is 1. The molecule has 0 aromatic carbocycles. The predicted octanol–water partition coefficient (Wildman–Crippen LogP) is 2.18. The molecule has 9 heteroatoms. The van der Waals surface area contributed by atoms with Crippen LogP contribution in [0.3, 0.4) is 0 Å². The van der Waals surface area contributed by atoms with E-state index < -0.39 is 5.69 Å². The summed E-state index contributed by atoms with van der Waals surface area (Å²) in [5.74, 6) is 1.28. The van der Waals surface area contributed by atoms with Crippen molar-refractivity contribution in [2.75, 3.05) is 0 Å². The number of nitrogens with one attached hydrogen (secondary N) is 1. The molecule has 0 saturated heterocycles. The van der Waals surface area contributed by atoms with Gasteiger partial charge in [0.1, 0.15) is 5.82 Å². The SMILES string of the molecule is CCCCn1c(=O)[nH]c(=O)c2c1nc(CSc1ncccn1)n2CCC. The predicted molar refractivity (Wildman–Crippen MR) is 101 cm³/mol. The highest BCUT2D eigenvalue weighted by atomic mass is 32.2. The second-order valence-corrected chi connectivity index (χ2v) is 6.88. The number of aryl methyl sites for hydroxylation is 2. The maximum absolute atomic E-state index is 12.4. The molecule has 0 aliphatic rings. The van der Waals surface area contributed by atoms with Crippen molar-refractivity contribution in [2.24, 2.45) is 0 Å². The first kappa shape index (κ1) is 18.4. The van der Waals surface area contributed by atoms with Crippen molar-refractivity contribution in [1.82, 2.24) is 29.1 Å². The lowest BCUT2D eigenvalue weighted by molar-refractivity contribution is 0.612. The Morgan fingerprint density at radius 3 is 2.54 bits per heavy atom. The Morgan fingerprint density at radius 1 is 1.08 bits per heavy atom. The zero-order valence-corrected chi connectivity index (χ0v) is 15.8. The number of aromatic nitrogens is 6. The van der Waals surface area contributed by atoms with Crippen molar-refractivity contribution < 1.29 is 0 Å². The Balaban J connectivity index is 2.07. The second-order valence-electron chi connectivity index (χ2n) is 5.94. The molecule has 3 aromatic heterocycles. The lowest BCUT2D eigenvalue weighted by atomic mass is 10.3. The Hall–Kier alpha value is -2.42. The van der Waals surface area contributed by atoms with Crippen LogP contribution in [-0.2, 0) is 18.8 Å². The van der Waals surface area contributed by atoms with E-state index in [-0.39, 0.29) is 5.56 Å². The third-order valence-corrected chi connectivity index (χ3v) is 4.89. The quantitative estimate of drug-likeness (QED) is 0.479. The molecule has 0 unspecified atom stereocenters. The first-order valence-electron chi connectivity index (χ1n) is 8.77. The average molecular weight is 374 g/mol. The molecule has 0 fully saturated rings. The van der Waals surface area contributed by atoms with Gasteiger partial charge in [-0.25, -0.2) is 19.7 Å². The van der Waals surface area contributed by atoms with Crippen molar-refractivity contribution in [1.29, 1.82) is 0 Å². The van der Waals surface area contributed by atoms with Crippen LogP contribution in [0.15, 0.2) is 33.2 Å². The summed E-state index contributed by atoms with van der Waals surface area (Å²) in [5.41, 5.74) is 0.144. The molecule has 0 radical (unpaired) electrons. The number of H-pyrrole nitrogens is 1. The topological polar surface area (TPSA) is 98.5 Å². The van der Waals surface area contributed by atoms with Crippen LogP contribution in [0.1, 0.15) is 38.9 Å². The molecular weight excluding hydrogens is 352 g/mol. The van der Waals surface area contributed by atoms with Crippen LogP contribution in [0.4, 0.5) is 0 Å². The molecular formula is C17H22N6O2S. The minimum Gasteiger partial charge on any atom is -0.321 e. The number of hydrogen-bond donors (Lipinski definition) is 1. The van der Waals surface area contributed by atoms with Crippen LogP contribution >= 0.6 is 11.8 Å². The lowest BCUT2D eigenvalue weighted by Gasteiger charge is -2.07. The summed E-state index contributed by atoms with van der Waals surface area (Å²) < 4.78 is 3.48. The van der Waals surface area contributed by atoms with Gasteiger partial charge < -0.3 is 4.57 Å². The fourth-order valence-corrected chi connectivity index (χ4v) is 3.55. The van der Waals surface area contributed by atoms with E-state index in [1.807, 2.05) is 11.5 Å². The number of unbranched alkanes of at least 4 members (excludes halogenated alkanes) is 1. The van der Waals surface area contributed by atoms with Gasteiger partial charge in [-0.1, -0.05) is 32.0 Å². The molecule has 8 nitrogen and oxygen atoms in total. The molecule has 0 bridgehead atoms. The molecule has 0 spiro atoms. The van der Waals surface area contributed by atoms with Gasteiger partial charge in [-0.3, -0.25) is 14.3 Å². The summed E-state index contributed by atoms with van der Waals surface area (Å²) in [6.45, 7) is 5.31. The maximum Gasteiger partial charge on any atom is 0.330 e. The molecule has 3 aromatic rings. The summed E-state index contributed by atoms with van der Waals surface area (Å²) in [6, 6.07) is 1.77. The number of rotatable bonds is 8. The van der Waals surface area contributed by atoms with Gasteiger partial charge in [0.05, 0.1) is 5.75 Å². The molecule has 0 atom stereocenters. The first-order valence-corrected chi connectivity index (χ1v) is 9.76. The molecule has 3 rings (SSSR count). The van der Waals surface area contributed by atoms with Crippen LogP contribution in [0, 0.1) is 0 Å². The Labute approximate surface area is 154 Å². The Morgan fingerprint density at radius 2 is 1.85 bits per heavy atom. The van der Waals surface area contributed by atoms with Gasteiger partial charge >= 0.3 is 5.69 Å². The molecule has 1 N–H and O–H groups in total. The van der Waals surface area contributed by atoms with E-state index in [0.717, 1.165) is 25.1 Å². The number of fused-ring (bicyclic) bond motifs is 1. The van der Waals surface area contributed by atoms with Gasteiger partial charge in [0, 0.05) is 25.5 Å². The van der Waals surface area contributed by atoms with Crippen LogP contribution in [0.25, 0.3) is 11.2 Å². The van der Waals surface area contributed by atoms with Crippen LogP contribution < -0.4 is 11.2 Å².